The Morgan fingerprint density at radius 2 is 1.74 bits per heavy atom. The molecule has 0 aliphatic heterocycles. The molecule has 0 unspecified atom stereocenters. The number of benzene rings is 2. The van der Waals surface area contributed by atoms with Crippen LogP contribution in [0.2, 0.25) is 0 Å². The molecule has 0 bridgehead atoms. The average Bonchev–Trinajstić information content (AvgIpc) is 3.23. The average molecular weight is 436 g/mol. The molecular formula is C22H21N5O3S. The van der Waals surface area contributed by atoms with Gasteiger partial charge in [-0.05, 0) is 56.7 Å². The molecule has 8 nitrogen and oxygen atoms in total. The molecule has 2 aromatic carbocycles. The Morgan fingerprint density at radius 1 is 0.968 bits per heavy atom. The summed E-state index contributed by atoms with van der Waals surface area (Å²) in [6, 6.07) is 13.6. The standard InChI is InChI=1S/C22H21N5O3S/c1-15-4-9-20(16(2)12-15)31(28,29)26-18-5-7-19(8-6-18)30-22-13-21(24-17(3)25-22)27-11-10-23-14-27/h4-14,26H,1-3H3. The van der Waals surface area contributed by atoms with Crippen LogP contribution in [-0.2, 0) is 10.0 Å². The summed E-state index contributed by atoms with van der Waals surface area (Å²) < 4.78 is 35.7. The van der Waals surface area contributed by atoms with Gasteiger partial charge in [-0.25, -0.2) is 18.4 Å². The van der Waals surface area contributed by atoms with Crippen molar-refractivity contribution in [2.45, 2.75) is 25.7 Å². The van der Waals surface area contributed by atoms with E-state index in [0.29, 0.717) is 34.5 Å². The van der Waals surface area contributed by atoms with Crippen LogP contribution in [0.1, 0.15) is 17.0 Å². The molecule has 1 N–H and O–H groups in total. The highest BCUT2D eigenvalue weighted by Crippen LogP contribution is 2.25. The summed E-state index contributed by atoms with van der Waals surface area (Å²) >= 11 is 0. The Balaban J connectivity index is 1.51. The molecule has 31 heavy (non-hydrogen) atoms. The lowest BCUT2D eigenvalue weighted by Crippen LogP contribution is -2.14. The number of hydrogen-bond acceptors (Lipinski definition) is 6. The van der Waals surface area contributed by atoms with E-state index in [1.807, 2.05) is 13.0 Å². The first kappa shape index (κ1) is 20.5. The van der Waals surface area contributed by atoms with Crippen LogP contribution in [0.5, 0.6) is 11.6 Å². The van der Waals surface area contributed by atoms with Crippen molar-refractivity contribution in [3.05, 3.63) is 84.2 Å². The van der Waals surface area contributed by atoms with Crippen molar-refractivity contribution >= 4 is 15.7 Å². The van der Waals surface area contributed by atoms with Gasteiger partial charge in [0.25, 0.3) is 10.0 Å². The number of ether oxygens (including phenoxy) is 1. The molecule has 0 radical (unpaired) electrons. The SMILES string of the molecule is Cc1ccc(S(=O)(=O)Nc2ccc(Oc3cc(-n4ccnc4)nc(C)n3)cc2)c(C)c1. The largest absolute Gasteiger partial charge is 0.439 e. The second-order valence-corrected chi connectivity index (χ2v) is 8.73. The minimum atomic E-state index is -3.69. The van der Waals surface area contributed by atoms with Crippen LogP contribution in [0.15, 0.2) is 72.1 Å². The summed E-state index contributed by atoms with van der Waals surface area (Å²) in [5, 5.41) is 0. The Kier molecular flexibility index (Phi) is 5.43. The number of aryl methyl sites for hydroxylation is 3. The summed E-state index contributed by atoms with van der Waals surface area (Å²) in [5.74, 6) is 2.08. The predicted molar refractivity (Wildman–Crippen MR) is 117 cm³/mol. The van der Waals surface area contributed by atoms with Crippen molar-refractivity contribution < 1.29 is 13.2 Å². The fourth-order valence-electron chi connectivity index (χ4n) is 3.13. The van der Waals surface area contributed by atoms with Crippen LogP contribution in [0.3, 0.4) is 0 Å². The van der Waals surface area contributed by atoms with E-state index < -0.39 is 10.0 Å². The minimum Gasteiger partial charge on any atom is -0.439 e. The molecule has 0 atom stereocenters. The number of hydrogen-bond donors (Lipinski definition) is 1. The molecular weight excluding hydrogens is 414 g/mol. The van der Waals surface area contributed by atoms with E-state index in [1.165, 1.54) is 0 Å². The van der Waals surface area contributed by atoms with Crippen LogP contribution in [0, 0.1) is 20.8 Å². The van der Waals surface area contributed by atoms with Crippen molar-refractivity contribution in [1.29, 1.82) is 0 Å². The third-order valence-electron chi connectivity index (χ3n) is 4.52. The van der Waals surface area contributed by atoms with Gasteiger partial charge in [0.1, 0.15) is 23.7 Å². The summed E-state index contributed by atoms with van der Waals surface area (Å²) in [4.78, 5) is 12.9. The highest BCUT2D eigenvalue weighted by Gasteiger charge is 2.17. The summed E-state index contributed by atoms with van der Waals surface area (Å²) in [7, 11) is -3.69. The maximum atomic E-state index is 12.7. The van der Waals surface area contributed by atoms with Gasteiger partial charge in [0.15, 0.2) is 0 Å². The Bertz CT molecular complexity index is 1320. The Labute approximate surface area is 180 Å². The highest BCUT2D eigenvalue weighted by atomic mass is 32.2. The van der Waals surface area contributed by atoms with Gasteiger partial charge in [-0.2, -0.15) is 4.98 Å². The first-order chi connectivity index (χ1) is 14.8. The van der Waals surface area contributed by atoms with Crippen LogP contribution in [0.25, 0.3) is 5.82 Å². The van der Waals surface area contributed by atoms with Gasteiger partial charge in [0, 0.05) is 24.1 Å². The van der Waals surface area contributed by atoms with Crippen molar-refractivity contribution in [2.24, 2.45) is 0 Å². The first-order valence-corrected chi connectivity index (χ1v) is 11.0. The number of nitrogens with zero attached hydrogens (tertiary/aromatic N) is 4. The number of imidazole rings is 1. The predicted octanol–water partition coefficient (Wildman–Crippen LogP) is 4.18. The second kappa shape index (κ2) is 8.19. The maximum absolute atomic E-state index is 12.7. The normalized spacial score (nSPS) is 11.3. The highest BCUT2D eigenvalue weighted by molar-refractivity contribution is 7.92. The van der Waals surface area contributed by atoms with Gasteiger partial charge in [-0.1, -0.05) is 17.7 Å². The lowest BCUT2D eigenvalue weighted by molar-refractivity contribution is 0.459. The zero-order valence-electron chi connectivity index (χ0n) is 17.3. The van der Waals surface area contributed by atoms with Crippen LogP contribution in [0.4, 0.5) is 5.69 Å². The second-order valence-electron chi connectivity index (χ2n) is 7.08. The number of sulfonamides is 1. The first-order valence-electron chi connectivity index (χ1n) is 9.52. The van der Waals surface area contributed by atoms with Crippen molar-refractivity contribution in [3.8, 4) is 17.4 Å². The van der Waals surface area contributed by atoms with Gasteiger partial charge in [0.2, 0.25) is 5.88 Å². The molecule has 4 aromatic rings. The van der Waals surface area contributed by atoms with Gasteiger partial charge in [-0.15, -0.1) is 0 Å². The smallest absolute Gasteiger partial charge is 0.262 e. The molecule has 0 amide bonds. The molecule has 0 saturated carbocycles. The van der Waals surface area contributed by atoms with Gasteiger partial charge < -0.3 is 4.74 Å². The molecule has 4 rings (SSSR count). The van der Waals surface area contributed by atoms with Crippen LogP contribution < -0.4 is 9.46 Å². The Hall–Kier alpha value is -3.72. The van der Waals surface area contributed by atoms with E-state index >= 15 is 0 Å². The van der Waals surface area contributed by atoms with Crippen LogP contribution in [-0.4, -0.2) is 27.9 Å². The van der Waals surface area contributed by atoms with Crippen molar-refractivity contribution in [3.63, 3.8) is 0 Å². The van der Waals surface area contributed by atoms with Crippen molar-refractivity contribution in [2.75, 3.05) is 4.72 Å². The molecule has 0 saturated heterocycles. The minimum absolute atomic E-state index is 0.252. The van der Waals surface area contributed by atoms with E-state index in [-0.39, 0.29) is 4.90 Å². The lowest BCUT2D eigenvalue weighted by Gasteiger charge is -2.12. The molecule has 2 aromatic heterocycles. The van der Waals surface area contributed by atoms with Gasteiger partial charge in [0.05, 0.1) is 4.90 Å². The lowest BCUT2D eigenvalue weighted by atomic mass is 10.2. The third kappa shape index (κ3) is 4.72. The summed E-state index contributed by atoms with van der Waals surface area (Å²) in [6.45, 7) is 5.48. The van der Waals surface area contributed by atoms with Gasteiger partial charge in [-0.3, -0.25) is 9.29 Å². The van der Waals surface area contributed by atoms with Crippen molar-refractivity contribution in [1.82, 2.24) is 19.5 Å². The van der Waals surface area contributed by atoms with E-state index in [0.717, 1.165) is 5.56 Å². The number of rotatable bonds is 6. The number of aromatic nitrogens is 4. The Morgan fingerprint density at radius 3 is 2.42 bits per heavy atom. The van der Waals surface area contributed by atoms with E-state index in [2.05, 4.69) is 19.7 Å². The molecule has 2 heterocycles. The summed E-state index contributed by atoms with van der Waals surface area (Å²) in [5.41, 5.74) is 2.14. The van der Waals surface area contributed by atoms with Gasteiger partial charge >= 0.3 is 0 Å². The fraction of sp³-hybridized carbons (Fsp3) is 0.136. The molecule has 0 spiro atoms. The molecule has 158 valence electrons. The molecule has 0 fully saturated rings. The van der Waals surface area contributed by atoms with E-state index in [4.69, 9.17) is 4.74 Å². The molecule has 0 aliphatic rings. The number of anilines is 1. The van der Waals surface area contributed by atoms with E-state index in [1.54, 1.807) is 79.6 Å². The fourth-order valence-corrected chi connectivity index (χ4v) is 4.41. The third-order valence-corrected chi connectivity index (χ3v) is 6.06. The topological polar surface area (TPSA) is 99.0 Å². The zero-order valence-corrected chi connectivity index (χ0v) is 18.1. The zero-order chi connectivity index (χ0) is 22.0. The molecule has 0 aliphatic carbocycles. The maximum Gasteiger partial charge on any atom is 0.262 e. The number of nitrogens with one attached hydrogen (secondary N) is 1. The summed E-state index contributed by atoms with van der Waals surface area (Å²) in [6.07, 6.45) is 5.08. The monoisotopic (exact) mass is 435 g/mol. The quantitative estimate of drug-likeness (QED) is 0.488. The van der Waals surface area contributed by atoms with Crippen LogP contribution >= 0.6 is 0 Å². The van der Waals surface area contributed by atoms with E-state index in [9.17, 15) is 8.42 Å². The molecule has 9 heteroatoms.